The summed E-state index contributed by atoms with van der Waals surface area (Å²) in [7, 11) is 0. The van der Waals surface area contributed by atoms with Gasteiger partial charge >= 0.3 is 0 Å². The highest BCUT2D eigenvalue weighted by atomic mass is 79.9. The molecule has 0 aliphatic carbocycles. The molecule has 1 saturated heterocycles. The molecule has 1 aliphatic rings. The van der Waals surface area contributed by atoms with Gasteiger partial charge in [0, 0.05) is 22.9 Å². The van der Waals surface area contributed by atoms with Crippen LogP contribution in [0.1, 0.15) is 35.9 Å². The highest BCUT2D eigenvalue weighted by Crippen LogP contribution is 2.30. The summed E-state index contributed by atoms with van der Waals surface area (Å²) in [6, 6.07) is 1.89. The van der Waals surface area contributed by atoms with E-state index in [0.717, 1.165) is 35.2 Å². The van der Waals surface area contributed by atoms with Gasteiger partial charge in [0.25, 0.3) is 5.91 Å². The zero-order chi connectivity index (χ0) is 12.5. The number of halogens is 1. The summed E-state index contributed by atoms with van der Waals surface area (Å²) in [4.78, 5) is 15.2. The van der Waals surface area contributed by atoms with Crippen LogP contribution in [0.5, 0.6) is 0 Å². The van der Waals surface area contributed by atoms with E-state index in [9.17, 15) is 4.79 Å². The molecule has 1 atom stereocenters. The van der Waals surface area contributed by atoms with E-state index < -0.39 is 0 Å². The Morgan fingerprint density at radius 1 is 1.65 bits per heavy atom. The fourth-order valence-corrected chi connectivity index (χ4v) is 3.67. The van der Waals surface area contributed by atoms with Crippen LogP contribution in [0.2, 0.25) is 0 Å². The lowest BCUT2D eigenvalue weighted by atomic mass is 9.88. The molecule has 0 bridgehead atoms. The Bertz CT molecular complexity index is 420. The number of amides is 1. The van der Waals surface area contributed by atoms with Gasteiger partial charge in [-0.25, -0.2) is 0 Å². The Hall–Kier alpha value is -0.390. The summed E-state index contributed by atoms with van der Waals surface area (Å²) in [5.41, 5.74) is 5.67. The number of hydrogen-bond donors (Lipinski definition) is 1. The van der Waals surface area contributed by atoms with Gasteiger partial charge in [-0.2, -0.15) is 0 Å². The minimum Gasteiger partial charge on any atom is -0.331 e. The normalized spacial score (nSPS) is 25.0. The Balaban J connectivity index is 2.22. The second kappa shape index (κ2) is 5.08. The van der Waals surface area contributed by atoms with E-state index >= 15 is 0 Å². The molecule has 1 amide bonds. The predicted octanol–water partition coefficient (Wildman–Crippen LogP) is 2.85. The lowest BCUT2D eigenvalue weighted by Crippen LogP contribution is -2.56. The predicted molar refractivity (Wildman–Crippen MR) is 74.4 cm³/mol. The minimum absolute atomic E-state index is 0.119. The highest BCUT2D eigenvalue weighted by Gasteiger charge is 2.36. The molecule has 5 heteroatoms. The molecule has 2 N–H and O–H groups in total. The summed E-state index contributed by atoms with van der Waals surface area (Å²) in [6.07, 6.45) is 3.24. The van der Waals surface area contributed by atoms with Crippen LogP contribution in [0, 0.1) is 0 Å². The van der Waals surface area contributed by atoms with Crippen molar-refractivity contribution in [3.63, 3.8) is 0 Å². The van der Waals surface area contributed by atoms with Crippen molar-refractivity contribution in [1.82, 2.24) is 4.90 Å². The Labute approximate surface area is 114 Å². The van der Waals surface area contributed by atoms with Crippen molar-refractivity contribution in [2.75, 3.05) is 13.1 Å². The van der Waals surface area contributed by atoms with Crippen LogP contribution >= 0.6 is 27.3 Å². The molecule has 0 saturated carbocycles. The van der Waals surface area contributed by atoms with Crippen molar-refractivity contribution in [2.24, 2.45) is 5.73 Å². The molecule has 0 aromatic carbocycles. The van der Waals surface area contributed by atoms with Gasteiger partial charge in [0.15, 0.2) is 0 Å². The standard InChI is InChI=1S/C12H17BrN2OS/c1-12(8-14)4-2-3-5-15(12)11(16)10-6-9(13)7-17-10/h6-7H,2-5,8,14H2,1H3. The summed E-state index contributed by atoms with van der Waals surface area (Å²) >= 11 is 4.87. The van der Waals surface area contributed by atoms with Gasteiger partial charge in [-0.1, -0.05) is 0 Å². The SMILES string of the molecule is CC1(CN)CCCCN1C(=O)c1cc(Br)cs1. The third-order valence-electron chi connectivity index (χ3n) is 3.46. The van der Waals surface area contributed by atoms with Crippen molar-refractivity contribution >= 4 is 33.2 Å². The van der Waals surface area contributed by atoms with Crippen molar-refractivity contribution in [1.29, 1.82) is 0 Å². The van der Waals surface area contributed by atoms with Gasteiger partial charge in [0.2, 0.25) is 0 Å². The topological polar surface area (TPSA) is 46.3 Å². The van der Waals surface area contributed by atoms with Crippen LogP contribution in [0.15, 0.2) is 15.9 Å². The molecule has 0 spiro atoms. The lowest BCUT2D eigenvalue weighted by molar-refractivity contribution is 0.0408. The Morgan fingerprint density at radius 2 is 2.41 bits per heavy atom. The number of thiophene rings is 1. The van der Waals surface area contributed by atoms with Crippen LogP contribution in [-0.2, 0) is 0 Å². The van der Waals surface area contributed by atoms with Crippen molar-refractivity contribution in [3.8, 4) is 0 Å². The van der Waals surface area contributed by atoms with E-state index in [1.54, 1.807) is 0 Å². The summed E-state index contributed by atoms with van der Waals surface area (Å²) in [5, 5.41) is 1.94. The maximum atomic E-state index is 12.4. The maximum absolute atomic E-state index is 12.4. The van der Waals surface area contributed by atoms with E-state index in [0.29, 0.717) is 6.54 Å². The zero-order valence-electron chi connectivity index (χ0n) is 9.91. The quantitative estimate of drug-likeness (QED) is 0.912. The summed E-state index contributed by atoms with van der Waals surface area (Å²) < 4.78 is 0.970. The van der Waals surface area contributed by atoms with E-state index in [-0.39, 0.29) is 11.4 Å². The molecular formula is C12H17BrN2OS. The van der Waals surface area contributed by atoms with Gasteiger partial charge in [0.1, 0.15) is 0 Å². The highest BCUT2D eigenvalue weighted by molar-refractivity contribution is 9.10. The lowest BCUT2D eigenvalue weighted by Gasteiger charge is -2.44. The van der Waals surface area contributed by atoms with Gasteiger partial charge in [-0.15, -0.1) is 11.3 Å². The van der Waals surface area contributed by atoms with Crippen LogP contribution in [0.4, 0.5) is 0 Å². The first-order valence-corrected chi connectivity index (χ1v) is 7.50. The number of carbonyl (C=O) groups excluding carboxylic acids is 1. The number of carbonyl (C=O) groups is 1. The maximum Gasteiger partial charge on any atom is 0.264 e. The van der Waals surface area contributed by atoms with Gasteiger partial charge in [-0.05, 0) is 48.2 Å². The number of likely N-dealkylation sites (tertiary alicyclic amines) is 1. The van der Waals surface area contributed by atoms with Crippen LogP contribution in [0.3, 0.4) is 0 Å². The van der Waals surface area contributed by atoms with E-state index in [1.807, 2.05) is 16.3 Å². The third kappa shape index (κ3) is 2.56. The van der Waals surface area contributed by atoms with Gasteiger partial charge in [-0.3, -0.25) is 4.79 Å². The van der Waals surface area contributed by atoms with E-state index in [2.05, 4.69) is 22.9 Å². The monoisotopic (exact) mass is 316 g/mol. The molecule has 1 fully saturated rings. The Morgan fingerprint density at radius 3 is 3.00 bits per heavy atom. The van der Waals surface area contributed by atoms with Gasteiger partial charge < -0.3 is 10.6 Å². The summed E-state index contributed by atoms with van der Waals surface area (Å²) in [5.74, 6) is 0.119. The first-order chi connectivity index (χ1) is 8.07. The molecule has 2 rings (SSSR count). The van der Waals surface area contributed by atoms with Crippen molar-refractivity contribution in [3.05, 3.63) is 20.8 Å². The van der Waals surface area contributed by atoms with Gasteiger partial charge in [0.05, 0.1) is 10.4 Å². The van der Waals surface area contributed by atoms with E-state index in [4.69, 9.17) is 5.73 Å². The third-order valence-corrected chi connectivity index (χ3v) is 5.14. The smallest absolute Gasteiger partial charge is 0.264 e. The molecular weight excluding hydrogens is 300 g/mol. The second-order valence-corrected chi connectivity index (χ2v) is 6.57. The molecule has 1 aliphatic heterocycles. The molecule has 1 aromatic heterocycles. The zero-order valence-corrected chi connectivity index (χ0v) is 12.3. The fourth-order valence-electron chi connectivity index (χ4n) is 2.30. The number of piperidine rings is 1. The number of rotatable bonds is 2. The van der Waals surface area contributed by atoms with E-state index in [1.165, 1.54) is 11.3 Å². The molecule has 1 aromatic rings. The number of hydrogen-bond acceptors (Lipinski definition) is 3. The molecule has 17 heavy (non-hydrogen) atoms. The van der Waals surface area contributed by atoms with Crippen molar-refractivity contribution in [2.45, 2.75) is 31.7 Å². The second-order valence-electron chi connectivity index (χ2n) is 4.74. The first kappa shape index (κ1) is 13.1. The molecule has 1 unspecified atom stereocenters. The largest absolute Gasteiger partial charge is 0.331 e. The van der Waals surface area contributed by atoms with Crippen LogP contribution < -0.4 is 5.73 Å². The fraction of sp³-hybridized carbons (Fsp3) is 0.583. The molecule has 94 valence electrons. The summed E-state index contributed by atoms with van der Waals surface area (Å²) in [6.45, 7) is 3.44. The average molecular weight is 317 g/mol. The van der Waals surface area contributed by atoms with Crippen molar-refractivity contribution < 1.29 is 4.79 Å². The number of nitrogens with zero attached hydrogens (tertiary/aromatic N) is 1. The van der Waals surface area contributed by atoms with Crippen LogP contribution in [0.25, 0.3) is 0 Å². The Kier molecular flexibility index (Phi) is 3.90. The number of nitrogens with two attached hydrogens (primary N) is 1. The minimum atomic E-state index is -0.175. The average Bonchev–Trinajstić information content (AvgIpc) is 2.76. The molecule has 2 heterocycles. The molecule has 0 radical (unpaired) electrons. The molecule has 3 nitrogen and oxygen atoms in total. The first-order valence-electron chi connectivity index (χ1n) is 5.83. The van der Waals surface area contributed by atoms with Crippen LogP contribution in [-0.4, -0.2) is 29.4 Å².